The molecule has 0 radical (unpaired) electrons. The lowest BCUT2D eigenvalue weighted by molar-refractivity contribution is -0.0522. The molecule has 1 aromatic carbocycles. The number of hydrogen-bond acceptors (Lipinski definition) is 3. The molecule has 3 nitrogen and oxygen atoms in total. The van der Waals surface area contributed by atoms with E-state index in [1.165, 1.54) is 12.1 Å². The van der Waals surface area contributed by atoms with Crippen molar-refractivity contribution in [2.24, 2.45) is 5.92 Å². The maximum absolute atomic E-state index is 13.7. The molecule has 0 bridgehead atoms. The predicted molar refractivity (Wildman–Crippen MR) is 81.7 cm³/mol. The Morgan fingerprint density at radius 1 is 1.17 bits per heavy atom. The fraction of sp³-hybridized carbons (Fsp3) is 0.353. The average Bonchev–Trinajstić information content (AvgIpc) is 2.50. The van der Waals surface area contributed by atoms with Gasteiger partial charge in [-0.25, -0.2) is 4.39 Å². The van der Waals surface area contributed by atoms with Crippen molar-refractivity contribution in [3.8, 4) is 5.75 Å². The van der Waals surface area contributed by atoms with Crippen molar-refractivity contribution >= 4 is 0 Å². The van der Waals surface area contributed by atoms with Gasteiger partial charge in [-0.3, -0.25) is 4.98 Å². The van der Waals surface area contributed by atoms with Crippen LogP contribution >= 0.6 is 0 Å². The van der Waals surface area contributed by atoms with Gasteiger partial charge in [0.15, 0.2) is 11.6 Å². The zero-order valence-electron chi connectivity index (χ0n) is 13.0. The summed E-state index contributed by atoms with van der Waals surface area (Å²) in [6, 6.07) is 9.66. The van der Waals surface area contributed by atoms with Crippen molar-refractivity contribution < 1.29 is 17.9 Å². The summed E-state index contributed by atoms with van der Waals surface area (Å²) < 4.78 is 42.1. The number of ether oxygens (including phenoxy) is 1. The predicted octanol–water partition coefficient (Wildman–Crippen LogP) is 4.31. The van der Waals surface area contributed by atoms with E-state index in [-0.39, 0.29) is 12.0 Å². The van der Waals surface area contributed by atoms with Gasteiger partial charge in [-0.1, -0.05) is 26.0 Å². The first-order chi connectivity index (χ1) is 11.0. The largest absolute Gasteiger partial charge is 0.432 e. The van der Waals surface area contributed by atoms with Gasteiger partial charge in [0, 0.05) is 12.7 Å². The maximum atomic E-state index is 13.7. The Kier molecular flexibility index (Phi) is 5.98. The highest BCUT2D eigenvalue weighted by atomic mass is 19.3. The molecule has 1 heterocycles. The zero-order valence-corrected chi connectivity index (χ0v) is 13.0. The van der Waals surface area contributed by atoms with Crippen molar-refractivity contribution in [2.45, 2.75) is 33.0 Å². The number of halogens is 3. The fourth-order valence-electron chi connectivity index (χ4n) is 2.32. The molecule has 1 unspecified atom stereocenters. The smallest absolute Gasteiger partial charge is 0.387 e. The summed E-state index contributed by atoms with van der Waals surface area (Å²) in [7, 11) is 0. The summed E-state index contributed by atoms with van der Waals surface area (Å²) in [6.07, 6.45) is 1.72. The first-order valence-electron chi connectivity index (χ1n) is 7.35. The fourth-order valence-corrected chi connectivity index (χ4v) is 2.32. The van der Waals surface area contributed by atoms with Crippen molar-refractivity contribution in [3.63, 3.8) is 0 Å². The van der Waals surface area contributed by atoms with Gasteiger partial charge >= 0.3 is 6.61 Å². The normalized spacial score (nSPS) is 12.7. The lowest BCUT2D eigenvalue weighted by Crippen LogP contribution is -2.26. The third-order valence-corrected chi connectivity index (χ3v) is 3.41. The molecule has 0 fully saturated rings. The Hall–Kier alpha value is -2.08. The second-order valence-electron chi connectivity index (χ2n) is 5.50. The SMILES string of the molecule is CC(C)C(NCc1ccc(OC(F)F)c(F)c1)c1ccccn1. The van der Waals surface area contributed by atoms with E-state index in [1.807, 2.05) is 18.2 Å². The van der Waals surface area contributed by atoms with Crippen molar-refractivity contribution in [1.82, 2.24) is 10.3 Å². The van der Waals surface area contributed by atoms with Crippen LogP contribution in [0, 0.1) is 11.7 Å². The minimum Gasteiger partial charge on any atom is -0.432 e. The number of alkyl halides is 2. The Morgan fingerprint density at radius 2 is 1.96 bits per heavy atom. The first-order valence-corrected chi connectivity index (χ1v) is 7.35. The number of nitrogens with one attached hydrogen (secondary N) is 1. The van der Waals surface area contributed by atoms with E-state index in [1.54, 1.807) is 12.3 Å². The Balaban J connectivity index is 2.05. The number of benzene rings is 1. The molecular weight excluding hydrogens is 305 g/mol. The quantitative estimate of drug-likeness (QED) is 0.824. The average molecular weight is 324 g/mol. The summed E-state index contributed by atoms with van der Waals surface area (Å²) in [5.74, 6) is -0.964. The van der Waals surface area contributed by atoms with Crippen LogP contribution in [0.1, 0.15) is 31.1 Å². The summed E-state index contributed by atoms with van der Waals surface area (Å²) in [4.78, 5) is 4.34. The molecule has 6 heteroatoms. The molecule has 0 aliphatic carbocycles. The van der Waals surface area contributed by atoms with Gasteiger partial charge in [0.1, 0.15) is 0 Å². The lowest BCUT2D eigenvalue weighted by atomic mass is 10.00. The van der Waals surface area contributed by atoms with Crippen LogP contribution in [0.15, 0.2) is 42.6 Å². The minimum atomic E-state index is -3.04. The number of pyridine rings is 1. The first kappa shape index (κ1) is 17.3. The molecule has 124 valence electrons. The lowest BCUT2D eigenvalue weighted by Gasteiger charge is -2.22. The molecule has 2 aromatic rings. The van der Waals surface area contributed by atoms with Crippen molar-refractivity contribution in [1.29, 1.82) is 0 Å². The summed E-state index contributed by atoms with van der Waals surface area (Å²) in [5, 5.41) is 3.32. The van der Waals surface area contributed by atoms with Crippen LogP contribution < -0.4 is 10.1 Å². The van der Waals surface area contributed by atoms with E-state index in [2.05, 4.69) is 28.9 Å². The Bertz CT molecular complexity index is 620. The summed E-state index contributed by atoms with van der Waals surface area (Å²) in [5.41, 5.74) is 1.55. The van der Waals surface area contributed by atoms with Gasteiger partial charge in [0.25, 0.3) is 0 Å². The van der Waals surface area contributed by atoms with E-state index in [9.17, 15) is 13.2 Å². The Morgan fingerprint density at radius 3 is 2.52 bits per heavy atom. The van der Waals surface area contributed by atoms with E-state index in [4.69, 9.17) is 0 Å². The second kappa shape index (κ2) is 7.97. The molecule has 0 spiro atoms. The molecule has 0 aliphatic heterocycles. The Labute approximate surface area is 133 Å². The molecule has 0 amide bonds. The minimum absolute atomic E-state index is 0.0104. The van der Waals surface area contributed by atoms with Gasteiger partial charge < -0.3 is 10.1 Å². The zero-order chi connectivity index (χ0) is 16.8. The van der Waals surface area contributed by atoms with E-state index in [0.717, 1.165) is 5.69 Å². The number of aromatic nitrogens is 1. The summed E-state index contributed by atoms with van der Waals surface area (Å²) in [6.45, 7) is 1.48. The highest BCUT2D eigenvalue weighted by Gasteiger charge is 2.17. The second-order valence-corrected chi connectivity index (χ2v) is 5.50. The third kappa shape index (κ3) is 4.96. The van der Waals surface area contributed by atoms with Gasteiger partial charge in [-0.05, 0) is 35.7 Å². The maximum Gasteiger partial charge on any atom is 0.387 e. The van der Waals surface area contributed by atoms with Crippen LogP contribution in [0.2, 0.25) is 0 Å². The highest BCUT2D eigenvalue weighted by molar-refractivity contribution is 5.29. The van der Waals surface area contributed by atoms with Crippen LogP contribution in [0.3, 0.4) is 0 Å². The van der Waals surface area contributed by atoms with Gasteiger partial charge in [0.05, 0.1) is 11.7 Å². The standard InChI is InChI=1S/C17H19F3N2O/c1-11(2)16(14-5-3-4-8-21-14)22-10-12-6-7-15(13(18)9-12)23-17(19)20/h3-9,11,16-17,22H,10H2,1-2H3. The van der Waals surface area contributed by atoms with Gasteiger partial charge in [-0.2, -0.15) is 8.78 Å². The van der Waals surface area contributed by atoms with Crippen LogP contribution in [0.5, 0.6) is 5.75 Å². The topological polar surface area (TPSA) is 34.1 Å². The van der Waals surface area contributed by atoms with Crippen LogP contribution in [-0.2, 0) is 6.54 Å². The molecular formula is C17H19F3N2O. The molecule has 1 aromatic heterocycles. The van der Waals surface area contributed by atoms with Crippen molar-refractivity contribution in [2.75, 3.05) is 0 Å². The number of nitrogens with zero attached hydrogens (tertiary/aromatic N) is 1. The van der Waals surface area contributed by atoms with Crippen LogP contribution in [0.25, 0.3) is 0 Å². The molecule has 1 atom stereocenters. The van der Waals surface area contributed by atoms with Gasteiger partial charge in [0.2, 0.25) is 0 Å². The monoisotopic (exact) mass is 324 g/mol. The molecule has 0 saturated carbocycles. The molecule has 23 heavy (non-hydrogen) atoms. The highest BCUT2D eigenvalue weighted by Crippen LogP contribution is 2.23. The number of hydrogen-bond donors (Lipinski definition) is 1. The number of rotatable bonds is 7. The summed E-state index contributed by atoms with van der Waals surface area (Å²) >= 11 is 0. The molecule has 0 saturated heterocycles. The molecule has 1 N–H and O–H groups in total. The van der Waals surface area contributed by atoms with E-state index in [0.29, 0.717) is 12.1 Å². The van der Waals surface area contributed by atoms with Crippen LogP contribution in [-0.4, -0.2) is 11.6 Å². The van der Waals surface area contributed by atoms with Gasteiger partial charge in [-0.15, -0.1) is 0 Å². The van der Waals surface area contributed by atoms with E-state index < -0.39 is 18.2 Å². The third-order valence-electron chi connectivity index (χ3n) is 3.41. The van der Waals surface area contributed by atoms with E-state index >= 15 is 0 Å². The van der Waals surface area contributed by atoms with Crippen molar-refractivity contribution in [3.05, 3.63) is 59.7 Å². The van der Waals surface area contributed by atoms with Crippen LogP contribution in [0.4, 0.5) is 13.2 Å². The molecule has 0 aliphatic rings. The molecule has 2 rings (SSSR count).